The highest BCUT2D eigenvalue weighted by molar-refractivity contribution is 7.15. The Morgan fingerprint density at radius 2 is 1.78 bits per heavy atom. The Labute approximate surface area is 193 Å². The summed E-state index contributed by atoms with van der Waals surface area (Å²) in [6.45, 7) is 11.7. The molecule has 2 aromatic rings. The second kappa shape index (κ2) is 9.73. The Bertz CT molecular complexity index is 998. The Balaban J connectivity index is 2.19. The van der Waals surface area contributed by atoms with Gasteiger partial charge in [-0.1, -0.05) is 30.3 Å². The van der Waals surface area contributed by atoms with Crippen molar-refractivity contribution in [3.8, 4) is 0 Å². The van der Waals surface area contributed by atoms with Crippen LogP contribution in [0.5, 0.6) is 0 Å². The smallest absolute Gasteiger partial charge is 0.336 e. The Kier molecular flexibility index (Phi) is 7.23. The number of thiazole rings is 1. The fourth-order valence-corrected chi connectivity index (χ4v) is 5.17. The zero-order valence-electron chi connectivity index (χ0n) is 19.4. The van der Waals surface area contributed by atoms with Gasteiger partial charge < -0.3 is 20.1 Å². The van der Waals surface area contributed by atoms with Crippen LogP contribution >= 0.6 is 11.3 Å². The van der Waals surface area contributed by atoms with Crippen LogP contribution in [-0.4, -0.2) is 35.8 Å². The van der Waals surface area contributed by atoms with Crippen LogP contribution in [0.4, 0.5) is 5.13 Å². The maximum Gasteiger partial charge on any atom is 0.336 e. The van der Waals surface area contributed by atoms with Crippen LogP contribution in [-0.2, 0) is 19.1 Å². The van der Waals surface area contributed by atoms with E-state index in [0.29, 0.717) is 16.4 Å². The lowest BCUT2D eigenvalue weighted by molar-refractivity contribution is -0.152. The van der Waals surface area contributed by atoms with Crippen LogP contribution < -0.4 is 10.6 Å². The lowest BCUT2D eigenvalue weighted by Gasteiger charge is -2.46. The van der Waals surface area contributed by atoms with Gasteiger partial charge in [0.2, 0.25) is 0 Å². The number of ether oxygens (including phenoxy) is 2. The third kappa shape index (κ3) is 4.65. The van der Waals surface area contributed by atoms with Crippen molar-refractivity contribution in [3.63, 3.8) is 0 Å². The van der Waals surface area contributed by atoms with Crippen molar-refractivity contribution in [3.05, 3.63) is 57.7 Å². The second-order valence-electron chi connectivity index (χ2n) is 7.99. The monoisotopic (exact) mass is 457 g/mol. The molecule has 1 aliphatic heterocycles. The number of benzene rings is 1. The maximum atomic E-state index is 13.4. The molecule has 3 rings (SSSR count). The highest BCUT2D eigenvalue weighted by atomic mass is 32.1. The molecule has 2 heterocycles. The van der Waals surface area contributed by atoms with E-state index in [2.05, 4.69) is 15.6 Å². The fraction of sp³-hybridized carbons (Fsp3) is 0.458. The fourth-order valence-electron chi connectivity index (χ4n) is 4.24. The highest BCUT2D eigenvalue weighted by Crippen LogP contribution is 2.45. The molecule has 0 saturated carbocycles. The highest BCUT2D eigenvalue weighted by Gasteiger charge is 2.52. The summed E-state index contributed by atoms with van der Waals surface area (Å²) < 4.78 is 10.9. The largest absolute Gasteiger partial charge is 0.466 e. The van der Waals surface area contributed by atoms with Crippen molar-refractivity contribution < 1.29 is 19.1 Å². The summed E-state index contributed by atoms with van der Waals surface area (Å²) in [7, 11) is 0. The van der Waals surface area contributed by atoms with Gasteiger partial charge in [0.25, 0.3) is 0 Å². The summed E-state index contributed by atoms with van der Waals surface area (Å²) in [6.07, 6.45) is 0. The predicted molar refractivity (Wildman–Crippen MR) is 125 cm³/mol. The number of aromatic nitrogens is 1. The Morgan fingerprint density at radius 1 is 1.12 bits per heavy atom. The molecule has 0 spiro atoms. The molecule has 1 aromatic carbocycles. The van der Waals surface area contributed by atoms with Gasteiger partial charge in [0, 0.05) is 16.5 Å². The topological polar surface area (TPSA) is 89.5 Å². The number of aryl methyl sites for hydroxylation is 2. The number of carbonyl (C=O) groups is 2. The van der Waals surface area contributed by atoms with Crippen LogP contribution in [0.15, 0.2) is 41.6 Å². The lowest BCUT2D eigenvalue weighted by Crippen LogP contribution is -2.62. The van der Waals surface area contributed by atoms with Crippen molar-refractivity contribution in [1.29, 1.82) is 0 Å². The first-order valence-corrected chi connectivity index (χ1v) is 11.6. The molecular formula is C24H31N3O4S. The number of rotatable bonds is 7. The quantitative estimate of drug-likeness (QED) is 0.600. The third-order valence-corrected chi connectivity index (χ3v) is 6.70. The molecule has 1 aliphatic rings. The van der Waals surface area contributed by atoms with Crippen LogP contribution in [0.2, 0.25) is 0 Å². The number of anilines is 1. The van der Waals surface area contributed by atoms with E-state index in [-0.39, 0.29) is 13.2 Å². The molecule has 32 heavy (non-hydrogen) atoms. The van der Waals surface area contributed by atoms with Gasteiger partial charge in [0.05, 0.1) is 24.5 Å². The van der Waals surface area contributed by atoms with Gasteiger partial charge in [-0.05, 0) is 47.1 Å². The summed E-state index contributed by atoms with van der Waals surface area (Å²) in [4.78, 5) is 32.1. The van der Waals surface area contributed by atoms with Crippen LogP contribution in [0.25, 0.3) is 0 Å². The zero-order valence-corrected chi connectivity index (χ0v) is 20.3. The number of nitrogens with one attached hydrogen (secondary N) is 2. The van der Waals surface area contributed by atoms with Crippen LogP contribution in [0, 0.1) is 19.8 Å². The molecule has 8 heteroatoms. The van der Waals surface area contributed by atoms with Crippen molar-refractivity contribution >= 4 is 28.4 Å². The van der Waals surface area contributed by atoms with Gasteiger partial charge in [-0.2, -0.15) is 0 Å². The lowest BCUT2D eigenvalue weighted by atomic mass is 9.71. The van der Waals surface area contributed by atoms with Gasteiger partial charge in [-0.25, -0.2) is 9.78 Å². The van der Waals surface area contributed by atoms with Gasteiger partial charge >= 0.3 is 11.9 Å². The van der Waals surface area contributed by atoms with E-state index in [4.69, 9.17) is 9.47 Å². The van der Waals surface area contributed by atoms with Crippen LogP contribution in [0.1, 0.15) is 49.7 Å². The summed E-state index contributed by atoms with van der Waals surface area (Å²) in [6, 6.07) is 9.55. The summed E-state index contributed by atoms with van der Waals surface area (Å²) in [5.74, 6) is -2.15. The SMILES string of the molecule is CCOC(=O)C1=C(C)NC(C)(Nc2nc(C)c(C)s2)C(C(=O)OCC)C1c1ccccc1. The number of esters is 2. The molecule has 3 unspecified atom stereocenters. The van der Waals surface area contributed by atoms with E-state index in [1.165, 1.54) is 11.3 Å². The molecular weight excluding hydrogens is 426 g/mol. The molecule has 0 amide bonds. The first-order valence-electron chi connectivity index (χ1n) is 10.8. The van der Waals surface area contributed by atoms with Crippen LogP contribution in [0.3, 0.4) is 0 Å². The van der Waals surface area contributed by atoms with E-state index < -0.39 is 29.4 Å². The van der Waals surface area contributed by atoms with Crippen molar-refractivity contribution in [2.24, 2.45) is 5.92 Å². The molecule has 3 atom stereocenters. The number of hydrogen-bond donors (Lipinski definition) is 2. The van der Waals surface area contributed by atoms with Gasteiger partial charge in [0.1, 0.15) is 11.6 Å². The number of hydrogen-bond acceptors (Lipinski definition) is 8. The van der Waals surface area contributed by atoms with Gasteiger partial charge in [-0.15, -0.1) is 11.3 Å². The standard InChI is InChI=1S/C24H31N3O4S/c1-7-30-21(28)18-15(4)26-24(6,27-23-25-14(3)16(5)32-23)20(22(29)31-8-2)19(18)17-12-10-9-11-13-17/h9-13,19-20,26H,7-8H2,1-6H3,(H,25,27). The molecule has 1 aromatic heterocycles. The maximum absolute atomic E-state index is 13.4. The molecule has 0 bridgehead atoms. The predicted octanol–water partition coefficient (Wildman–Crippen LogP) is 4.29. The van der Waals surface area contributed by atoms with E-state index in [1.807, 2.05) is 58.0 Å². The average molecular weight is 458 g/mol. The second-order valence-corrected chi connectivity index (χ2v) is 9.19. The first-order chi connectivity index (χ1) is 15.2. The Hall–Kier alpha value is -2.87. The normalized spacial score (nSPS) is 22.8. The van der Waals surface area contributed by atoms with E-state index in [9.17, 15) is 9.59 Å². The minimum Gasteiger partial charge on any atom is -0.466 e. The molecule has 0 aliphatic carbocycles. The average Bonchev–Trinajstić information content (AvgIpc) is 3.04. The summed E-state index contributed by atoms with van der Waals surface area (Å²) >= 11 is 1.53. The number of nitrogens with zero attached hydrogens (tertiary/aromatic N) is 1. The molecule has 2 N–H and O–H groups in total. The number of allylic oxidation sites excluding steroid dienone is 1. The molecule has 0 saturated heterocycles. The van der Waals surface area contributed by atoms with Gasteiger partial charge in [-0.3, -0.25) is 4.79 Å². The zero-order chi connectivity index (χ0) is 23.5. The third-order valence-electron chi connectivity index (χ3n) is 5.71. The number of carbonyl (C=O) groups excluding carboxylic acids is 2. The summed E-state index contributed by atoms with van der Waals surface area (Å²) in [5.41, 5.74) is 1.90. The van der Waals surface area contributed by atoms with E-state index in [0.717, 1.165) is 16.1 Å². The van der Waals surface area contributed by atoms with E-state index in [1.54, 1.807) is 13.8 Å². The van der Waals surface area contributed by atoms with Gasteiger partial charge in [0.15, 0.2) is 5.13 Å². The summed E-state index contributed by atoms with van der Waals surface area (Å²) in [5, 5.41) is 7.52. The molecule has 0 radical (unpaired) electrons. The minimum absolute atomic E-state index is 0.236. The minimum atomic E-state index is -0.955. The van der Waals surface area contributed by atoms with E-state index >= 15 is 0 Å². The molecule has 172 valence electrons. The van der Waals surface area contributed by atoms with Crippen molar-refractivity contribution in [1.82, 2.24) is 10.3 Å². The van der Waals surface area contributed by atoms with Crippen molar-refractivity contribution in [2.45, 2.75) is 53.1 Å². The molecule has 7 nitrogen and oxygen atoms in total. The molecule has 0 fully saturated rings. The first kappa shape index (κ1) is 23.8. The Morgan fingerprint density at radius 3 is 2.34 bits per heavy atom. The van der Waals surface area contributed by atoms with Crippen molar-refractivity contribution in [2.75, 3.05) is 18.5 Å².